The summed E-state index contributed by atoms with van der Waals surface area (Å²) in [6.07, 6.45) is 0. The molecule has 4 nitrogen and oxygen atoms in total. The van der Waals surface area contributed by atoms with Crippen LogP contribution in [0.3, 0.4) is 0 Å². The average molecular weight is 741 g/mol. The SMILES string of the molecule is c1ccc(-c2nc3c(ccc4ccccc43)nc2-n2c3cc4ccccc4c4c5cccc6c7ccc8c9ccccc9sc8c7n(c7cccc2c7c43)c65)cc1. The standard InChI is InChI=1S/C52H28N4S/c1-2-13-30(14-3-1)47-52(53-39-27-24-29-12-4-7-17-33(29)48(39)54-47)55-40-21-11-22-41-45(40)46-42(55)28-31-15-5-6-16-32(31)44(46)38-20-10-19-35-36-25-26-37-34-18-8-9-23-43(34)57-51(37)50(36)56(41)49(35)38/h1-28H. The van der Waals surface area contributed by atoms with Gasteiger partial charge in [-0.3, -0.25) is 4.57 Å². The minimum atomic E-state index is 0.825. The number of thiophene rings is 1. The number of para-hydroxylation sites is 1. The molecule has 262 valence electrons. The van der Waals surface area contributed by atoms with Gasteiger partial charge in [-0.1, -0.05) is 140 Å². The molecule has 0 spiro atoms. The quantitative estimate of drug-likeness (QED) is 0.165. The maximum Gasteiger partial charge on any atom is 0.165 e. The summed E-state index contributed by atoms with van der Waals surface area (Å²) in [7, 11) is 0. The van der Waals surface area contributed by atoms with Gasteiger partial charge >= 0.3 is 0 Å². The van der Waals surface area contributed by atoms with Crippen LogP contribution in [0.4, 0.5) is 0 Å². The van der Waals surface area contributed by atoms with Crippen molar-refractivity contribution in [3.05, 3.63) is 170 Å². The third kappa shape index (κ3) is 3.77. The number of rotatable bonds is 2. The summed E-state index contributed by atoms with van der Waals surface area (Å²) in [6, 6.07) is 61.9. The number of benzene rings is 9. The first-order valence-electron chi connectivity index (χ1n) is 19.4. The average Bonchev–Trinajstić information content (AvgIpc) is 3.90. The Labute approximate surface area is 328 Å². The van der Waals surface area contributed by atoms with Gasteiger partial charge in [0.15, 0.2) is 5.82 Å². The van der Waals surface area contributed by atoms with Crippen LogP contribution in [0.5, 0.6) is 0 Å². The predicted molar refractivity (Wildman–Crippen MR) is 242 cm³/mol. The first-order chi connectivity index (χ1) is 28.3. The fraction of sp³-hybridized carbons (Fsp3) is 0. The van der Waals surface area contributed by atoms with Gasteiger partial charge in [0.1, 0.15) is 5.69 Å². The van der Waals surface area contributed by atoms with Crippen LogP contribution in [0.25, 0.3) is 130 Å². The first-order valence-corrected chi connectivity index (χ1v) is 20.2. The minimum Gasteiger partial charge on any atom is -0.306 e. The van der Waals surface area contributed by atoms with Gasteiger partial charge in [-0.05, 0) is 46.5 Å². The zero-order chi connectivity index (χ0) is 36.9. The number of hydrogen-bond acceptors (Lipinski definition) is 3. The zero-order valence-electron chi connectivity index (χ0n) is 30.4. The lowest BCUT2D eigenvalue weighted by Crippen LogP contribution is -2.04. The summed E-state index contributed by atoms with van der Waals surface area (Å²) in [5, 5.41) is 14.8. The van der Waals surface area contributed by atoms with E-state index in [1.807, 2.05) is 11.3 Å². The van der Waals surface area contributed by atoms with E-state index in [0.717, 1.165) is 49.9 Å². The van der Waals surface area contributed by atoms with Gasteiger partial charge in [0.25, 0.3) is 0 Å². The molecule has 0 saturated carbocycles. The van der Waals surface area contributed by atoms with E-state index in [4.69, 9.17) is 9.97 Å². The molecule has 0 radical (unpaired) electrons. The van der Waals surface area contributed by atoms with Crippen LogP contribution in [0.1, 0.15) is 0 Å². The second-order valence-electron chi connectivity index (χ2n) is 15.3. The first kappa shape index (κ1) is 29.9. The molecule has 0 aliphatic heterocycles. The molecule has 0 amide bonds. The Balaban J connectivity index is 1.26. The molecule has 0 fully saturated rings. The van der Waals surface area contributed by atoms with E-state index in [9.17, 15) is 0 Å². The summed E-state index contributed by atoms with van der Waals surface area (Å²) in [6.45, 7) is 0. The smallest absolute Gasteiger partial charge is 0.165 e. The summed E-state index contributed by atoms with van der Waals surface area (Å²) in [5.41, 5.74) is 9.61. The highest BCUT2D eigenvalue weighted by atomic mass is 32.1. The van der Waals surface area contributed by atoms with Gasteiger partial charge in [-0.25, -0.2) is 9.97 Å². The van der Waals surface area contributed by atoms with E-state index >= 15 is 0 Å². The fourth-order valence-corrected chi connectivity index (χ4v) is 11.3. The molecule has 0 unspecified atom stereocenters. The molecule has 5 heterocycles. The molecule has 0 bridgehead atoms. The molecule has 0 saturated heterocycles. The van der Waals surface area contributed by atoms with Gasteiger partial charge in [0.05, 0.1) is 43.3 Å². The molecule has 0 atom stereocenters. The third-order valence-electron chi connectivity index (χ3n) is 12.4. The molecule has 0 aliphatic carbocycles. The predicted octanol–water partition coefficient (Wildman–Crippen LogP) is 14.2. The van der Waals surface area contributed by atoms with Crippen LogP contribution in [0, 0.1) is 0 Å². The van der Waals surface area contributed by atoms with Gasteiger partial charge in [0.2, 0.25) is 0 Å². The van der Waals surface area contributed by atoms with Crippen molar-refractivity contribution in [3.63, 3.8) is 0 Å². The number of hydrogen-bond donors (Lipinski definition) is 0. The summed E-state index contributed by atoms with van der Waals surface area (Å²) < 4.78 is 7.62. The van der Waals surface area contributed by atoms with Crippen LogP contribution >= 0.6 is 11.3 Å². The van der Waals surface area contributed by atoms with Gasteiger partial charge in [-0.15, -0.1) is 11.3 Å². The van der Waals surface area contributed by atoms with E-state index < -0.39 is 0 Å². The normalized spacial score (nSPS) is 12.6. The van der Waals surface area contributed by atoms with Gasteiger partial charge in [0, 0.05) is 58.7 Å². The van der Waals surface area contributed by atoms with E-state index in [1.165, 1.54) is 79.8 Å². The largest absolute Gasteiger partial charge is 0.306 e. The van der Waals surface area contributed by atoms with Crippen molar-refractivity contribution in [1.82, 2.24) is 18.9 Å². The molecule has 5 aromatic heterocycles. The highest BCUT2D eigenvalue weighted by Gasteiger charge is 2.27. The van der Waals surface area contributed by atoms with Crippen molar-refractivity contribution in [2.45, 2.75) is 0 Å². The number of fused-ring (bicyclic) bond motifs is 14. The van der Waals surface area contributed by atoms with Crippen molar-refractivity contribution in [1.29, 1.82) is 0 Å². The maximum absolute atomic E-state index is 5.61. The van der Waals surface area contributed by atoms with E-state index in [1.54, 1.807) is 0 Å². The van der Waals surface area contributed by atoms with E-state index in [0.29, 0.717) is 0 Å². The molecule has 9 aromatic carbocycles. The summed E-state index contributed by atoms with van der Waals surface area (Å²) in [5.74, 6) is 0.825. The van der Waals surface area contributed by atoms with Crippen LogP contribution in [0.2, 0.25) is 0 Å². The van der Waals surface area contributed by atoms with Crippen molar-refractivity contribution in [3.8, 4) is 17.1 Å². The molecule has 14 aromatic rings. The van der Waals surface area contributed by atoms with Crippen molar-refractivity contribution < 1.29 is 0 Å². The molecule has 0 N–H and O–H groups in total. The monoisotopic (exact) mass is 740 g/mol. The Hall–Kier alpha value is -7.34. The molecule has 57 heavy (non-hydrogen) atoms. The van der Waals surface area contributed by atoms with E-state index in [-0.39, 0.29) is 0 Å². The van der Waals surface area contributed by atoms with E-state index in [2.05, 4.69) is 179 Å². The summed E-state index contributed by atoms with van der Waals surface area (Å²) in [4.78, 5) is 11.2. The maximum atomic E-state index is 5.61. The Morgan fingerprint density at radius 3 is 2.04 bits per heavy atom. The molecule has 14 rings (SSSR count). The van der Waals surface area contributed by atoms with Gasteiger partial charge in [-0.2, -0.15) is 0 Å². The Kier molecular flexibility index (Phi) is 5.62. The van der Waals surface area contributed by atoms with Crippen LogP contribution < -0.4 is 0 Å². The third-order valence-corrected chi connectivity index (χ3v) is 13.6. The van der Waals surface area contributed by atoms with Crippen molar-refractivity contribution in [2.75, 3.05) is 0 Å². The number of nitrogens with zero attached hydrogens (tertiary/aromatic N) is 4. The summed E-state index contributed by atoms with van der Waals surface area (Å²) >= 11 is 1.90. The van der Waals surface area contributed by atoms with Crippen LogP contribution in [-0.2, 0) is 0 Å². The Morgan fingerprint density at radius 2 is 1.12 bits per heavy atom. The zero-order valence-corrected chi connectivity index (χ0v) is 31.2. The Bertz CT molecular complexity index is 4040. The molecule has 0 aliphatic rings. The van der Waals surface area contributed by atoms with Crippen molar-refractivity contribution in [2.24, 2.45) is 0 Å². The van der Waals surface area contributed by atoms with Crippen LogP contribution in [-0.4, -0.2) is 18.9 Å². The fourth-order valence-electron chi connectivity index (χ4n) is 10.1. The minimum absolute atomic E-state index is 0.825. The molecule has 5 heteroatoms. The highest BCUT2D eigenvalue weighted by molar-refractivity contribution is 7.26. The van der Waals surface area contributed by atoms with Crippen molar-refractivity contribution >= 4 is 124 Å². The Morgan fingerprint density at radius 1 is 0.421 bits per heavy atom. The topological polar surface area (TPSA) is 35.1 Å². The lowest BCUT2D eigenvalue weighted by molar-refractivity contribution is 1.08. The molecular formula is C52H28N4S. The second-order valence-corrected chi connectivity index (χ2v) is 16.3. The lowest BCUT2D eigenvalue weighted by atomic mass is 9.97. The molecular weight excluding hydrogens is 713 g/mol. The highest BCUT2D eigenvalue weighted by Crippen LogP contribution is 2.49. The number of aromatic nitrogens is 4. The van der Waals surface area contributed by atoms with Crippen LogP contribution in [0.15, 0.2) is 170 Å². The second kappa shape index (κ2) is 10.7. The lowest BCUT2D eigenvalue weighted by Gasteiger charge is -2.15. The van der Waals surface area contributed by atoms with Gasteiger partial charge < -0.3 is 4.40 Å².